The number of hydrogen-bond donors (Lipinski definition) is 1. The van der Waals surface area contributed by atoms with Gasteiger partial charge in [0.15, 0.2) is 0 Å². The minimum Gasteiger partial charge on any atom is -0.395 e. The van der Waals surface area contributed by atoms with Gasteiger partial charge in [-0.15, -0.1) is 0 Å². The topological polar surface area (TPSA) is 20.2 Å². The smallest absolute Gasteiger partial charge is 0.0524 e. The Hall–Kier alpha value is -0.560. The highest BCUT2D eigenvalue weighted by Crippen LogP contribution is 2.78. The van der Waals surface area contributed by atoms with Gasteiger partial charge in [0.05, 0.1) is 6.61 Å². The SMILES string of the molecule is C=C(C)C1CCC2(CC)CCC3(C)C(CCC4C5(C)CCC(=C)C(C)(CO)C5CCC43C)C12. The molecule has 1 heteroatoms. The van der Waals surface area contributed by atoms with Crippen LogP contribution in [0, 0.1) is 56.7 Å². The van der Waals surface area contributed by atoms with Crippen molar-refractivity contribution in [1.82, 2.24) is 0 Å². The molecule has 0 saturated heterocycles. The van der Waals surface area contributed by atoms with Crippen molar-refractivity contribution in [2.45, 2.75) is 112 Å². The Labute approximate surface area is 204 Å². The molecule has 1 nitrogen and oxygen atoms in total. The summed E-state index contributed by atoms with van der Waals surface area (Å²) in [6, 6.07) is 0. The van der Waals surface area contributed by atoms with Gasteiger partial charge in [-0.1, -0.05) is 65.3 Å². The monoisotopic (exact) mass is 452 g/mol. The zero-order valence-corrected chi connectivity index (χ0v) is 22.7. The molecule has 5 fully saturated rings. The van der Waals surface area contributed by atoms with Crippen molar-refractivity contribution in [3.05, 3.63) is 24.3 Å². The Bertz CT molecular complexity index is 841. The molecule has 0 aromatic heterocycles. The first-order chi connectivity index (χ1) is 15.4. The second-order valence-electron chi connectivity index (χ2n) is 14.6. The third-order valence-electron chi connectivity index (χ3n) is 14.1. The second-order valence-corrected chi connectivity index (χ2v) is 14.6. The van der Waals surface area contributed by atoms with Gasteiger partial charge in [-0.25, -0.2) is 0 Å². The first-order valence-electron chi connectivity index (χ1n) is 14.4. The third kappa shape index (κ3) is 2.81. The molecule has 186 valence electrons. The van der Waals surface area contributed by atoms with Crippen LogP contribution < -0.4 is 0 Å². The van der Waals surface area contributed by atoms with E-state index in [1.54, 1.807) is 0 Å². The summed E-state index contributed by atoms with van der Waals surface area (Å²) < 4.78 is 0. The van der Waals surface area contributed by atoms with Crippen molar-refractivity contribution in [3.63, 3.8) is 0 Å². The zero-order chi connectivity index (χ0) is 24.0. The van der Waals surface area contributed by atoms with E-state index in [2.05, 4.69) is 54.7 Å². The second kappa shape index (κ2) is 7.47. The maximum Gasteiger partial charge on any atom is 0.0524 e. The lowest BCUT2D eigenvalue weighted by Crippen LogP contribution is -2.66. The highest BCUT2D eigenvalue weighted by atomic mass is 16.3. The van der Waals surface area contributed by atoms with Gasteiger partial charge in [0.2, 0.25) is 0 Å². The standard InChI is InChI=1S/C32H52O/c1-9-32-17-13-23(21(2)3)27(32)24-10-11-26-28(5)15-12-22(4)29(6,20-33)25(28)14-16-31(26,8)30(24,7)18-19-32/h23-27,33H,2,4,9-20H2,1,3,5-8H3. The van der Waals surface area contributed by atoms with Crippen molar-refractivity contribution in [1.29, 1.82) is 0 Å². The van der Waals surface area contributed by atoms with E-state index in [0.717, 1.165) is 30.1 Å². The number of fused-ring (bicyclic) bond motifs is 7. The van der Waals surface area contributed by atoms with E-state index in [9.17, 15) is 5.11 Å². The number of allylic oxidation sites excluding steroid dienone is 1. The van der Waals surface area contributed by atoms with Crippen LogP contribution >= 0.6 is 0 Å². The predicted octanol–water partition coefficient (Wildman–Crippen LogP) is 8.58. The summed E-state index contributed by atoms with van der Waals surface area (Å²) >= 11 is 0. The fraction of sp³-hybridized carbons (Fsp3) is 0.875. The summed E-state index contributed by atoms with van der Waals surface area (Å²) in [5.41, 5.74) is 4.46. The van der Waals surface area contributed by atoms with E-state index >= 15 is 0 Å². The molecule has 10 atom stereocenters. The molecule has 0 bridgehead atoms. The fourth-order valence-corrected chi connectivity index (χ4v) is 11.8. The molecular formula is C32H52O. The van der Waals surface area contributed by atoms with Crippen molar-refractivity contribution >= 4 is 0 Å². The number of aliphatic hydroxyl groups excluding tert-OH is 1. The molecule has 0 amide bonds. The normalized spacial score (nSPS) is 55.8. The van der Waals surface area contributed by atoms with Crippen molar-refractivity contribution in [2.24, 2.45) is 56.7 Å². The maximum atomic E-state index is 10.5. The van der Waals surface area contributed by atoms with E-state index in [4.69, 9.17) is 0 Å². The van der Waals surface area contributed by atoms with Crippen molar-refractivity contribution in [2.75, 3.05) is 6.61 Å². The lowest BCUT2D eigenvalue weighted by Gasteiger charge is -2.73. The van der Waals surface area contributed by atoms with Crippen LogP contribution in [0.4, 0.5) is 0 Å². The van der Waals surface area contributed by atoms with Crippen LogP contribution in [0.25, 0.3) is 0 Å². The summed E-state index contributed by atoms with van der Waals surface area (Å²) in [5.74, 6) is 3.83. The molecule has 33 heavy (non-hydrogen) atoms. The van der Waals surface area contributed by atoms with Crippen LogP contribution in [0.2, 0.25) is 0 Å². The van der Waals surface area contributed by atoms with Crippen LogP contribution in [0.1, 0.15) is 112 Å². The van der Waals surface area contributed by atoms with Gasteiger partial charge >= 0.3 is 0 Å². The predicted molar refractivity (Wildman–Crippen MR) is 140 cm³/mol. The number of hydrogen-bond acceptors (Lipinski definition) is 1. The molecular weight excluding hydrogens is 400 g/mol. The third-order valence-corrected chi connectivity index (χ3v) is 14.1. The van der Waals surface area contributed by atoms with Gasteiger partial charge in [0, 0.05) is 5.41 Å². The van der Waals surface area contributed by atoms with Crippen LogP contribution in [-0.2, 0) is 0 Å². The largest absolute Gasteiger partial charge is 0.395 e. The quantitative estimate of drug-likeness (QED) is 0.425. The first kappa shape index (κ1) is 24.1. The molecule has 0 aliphatic heterocycles. The Kier molecular flexibility index (Phi) is 5.47. The Morgan fingerprint density at radius 2 is 1.64 bits per heavy atom. The van der Waals surface area contributed by atoms with Crippen LogP contribution in [0.5, 0.6) is 0 Å². The summed E-state index contributed by atoms with van der Waals surface area (Å²) in [6.45, 7) is 24.5. The van der Waals surface area contributed by atoms with E-state index < -0.39 is 0 Å². The highest BCUT2D eigenvalue weighted by molar-refractivity contribution is 5.25. The van der Waals surface area contributed by atoms with Crippen LogP contribution in [0.3, 0.4) is 0 Å². The first-order valence-corrected chi connectivity index (χ1v) is 14.4. The molecule has 5 rings (SSSR count). The molecule has 5 aliphatic rings. The average molecular weight is 453 g/mol. The zero-order valence-electron chi connectivity index (χ0n) is 22.7. The van der Waals surface area contributed by atoms with E-state index in [0.29, 0.717) is 27.6 Å². The molecule has 1 N–H and O–H groups in total. The summed E-state index contributed by atoms with van der Waals surface area (Å²) in [6.07, 6.45) is 14.9. The number of rotatable bonds is 3. The van der Waals surface area contributed by atoms with Gasteiger partial charge < -0.3 is 5.11 Å². The van der Waals surface area contributed by atoms with Crippen LogP contribution in [-0.4, -0.2) is 11.7 Å². The molecule has 5 aliphatic carbocycles. The Morgan fingerprint density at radius 3 is 2.27 bits per heavy atom. The van der Waals surface area contributed by atoms with Gasteiger partial charge in [0.25, 0.3) is 0 Å². The van der Waals surface area contributed by atoms with E-state index in [-0.39, 0.29) is 12.0 Å². The van der Waals surface area contributed by atoms with Crippen molar-refractivity contribution in [3.8, 4) is 0 Å². The summed E-state index contributed by atoms with van der Waals surface area (Å²) in [4.78, 5) is 0. The molecule has 0 radical (unpaired) electrons. The minimum absolute atomic E-state index is 0.0908. The average Bonchev–Trinajstić information content (AvgIpc) is 3.17. The Balaban J connectivity index is 1.55. The van der Waals surface area contributed by atoms with Crippen LogP contribution in [0.15, 0.2) is 24.3 Å². The molecule has 10 unspecified atom stereocenters. The Morgan fingerprint density at radius 1 is 0.909 bits per heavy atom. The molecule has 0 aromatic carbocycles. The number of aliphatic hydroxyl groups is 1. The summed E-state index contributed by atoms with van der Waals surface area (Å²) in [7, 11) is 0. The maximum absolute atomic E-state index is 10.5. The van der Waals surface area contributed by atoms with Gasteiger partial charge in [0.1, 0.15) is 0 Å². The van der Waals surface area contributed by atoms with Crippen molar-refractivity contribution < 1.29 is 5.11 Å². The minimum atomic E-state index is -0.0908. The van der Waals surface area contributed by atoms with E-state index in [1.807, 2.05) is 0 Å². The lowest BCUT2D eigenvalue weighted by molar-refractivity contribution is -0.234. The molecule has 0 heterocycles. The highest BCUT2D eigenvalue weighted by Gasteiger charge is 2.70. The van der Waals surface area contributed by atoms with Gasteiger partial charge in [-0.05, 0) is 122 Å². The summed E-state index contributed by atoms with van der Waals surface area (Å²) in [5, 5.41) is 10.5. The van der Waals surface area contributed by atoms with Gasteiger partial charge in [-0.2, -0.15) is 0 Å². The lowest BCUT2D eigenvalue weighted by atomic mass is 9.32. The fourth-order valence-electron chi connectivity index (χ4n) is 11.8. The van der Waals surface area contributed by atoms with E-state index in [1.165, 1.54) is 75.4 Å². The van der Waals surface area contributed by atoms with Gasteiger partial charge in [-0.3, -0.25) is 0 Å². The molecule has 0 aromatic rings. The molecule has 0 spiro atoms. The molecule has 5 saturated carbocycles.